The van der Waals surface area contributed by atoms with Crippen molar-refractivity contribution in [3.05, 3.63) is 71.8 Å². The molecule has 2 aromatic carbocycles. The van der Waals surface area contributed by atoms with E-state index in [1.807, 2.05) is 32.9 Å². The molecule has 1 N–H and O–H groups in total. The molecule has 1 heterocycles. The summed E-state index contributed by atoms with van der Waals surface area (Å²) in [6, 6.07) is 21.0. The van der Waals surface area contributed by atoms with Crippen molar-refractivity contribution in [1.29, 1.82) is 0 Å². The van der Waals surface area contributed by atoms with Crippen LogP contribution in [0.3, 0.4) is 0 Å². The maximum atomic E-state index is 12.4. The third-order valence-corrected chi connectivity index (χ3v) is 4.88. The minimum atomic E-state index is -0.495. The van der Waals surface area contributed by atoms with Crippen LogP contribution in [0.5, 0.6) is 0 Å². The number of piperidine rings is 1. The topological polar surface area (TPSA) is 41.6 Å². The first-order valence-corrected chi connectivity index (χ1v) is 9.71. The molecule has 0 radical (unpaired) electrons. The van der Waals surface area contributed by atoms with Crippen molar-refractivity contribution in [1.82, 2.24) is 10.2 Å². The quantitative estimate of drug-likeness (QED) is 0.862. The standard InChI is InChI=1S/C23H30N2O2/c1-23(2,3)27-22(26)24-21-17-25(16-18-10-6-4-7-11-18)15-14-20(21)19-12-8-5-9-13-19/h4-13,20-21H,14-17H2,1-3H3,(H,24,26)/t20?,21-/m0/s1. The van der Waals surface area contributed by atoms with Gasteiger partial charge in [0.2, 0.25) is 0 Å². The summed E-state index contributed by atoms with van der Waals surface area (Å²) in [4.78, 5) is 14.8. The average Bonchev–Trinajstić information content (AvgIpc) is 2.62. The highest BCUT2D eigenvalue weighted by Gasteiger charge is 2.32. The van der Waals surface area contributed by atoms with E-state index in [9.17, 15) is 4.79 Å². The van der Waals surface area contributed by atoms with Gasteiger partial charge in [0.15, 0.2) is 0 Å². The first-order chi connectivity index (χ1) is 12.9. The zero-order chi connectivity index (χ0) is 19.3. The van der Waals surface area contributed by atoms with Crippen LogP contribution in [-0.2, 0) is 11.3 Å². The zero-order valence-corrected chi connectivity index (χ0v) is 16.5. The molecule has 0 aromatic heterocycles. The van der Waals surface area contributed by atoms with Gasteiger partial charge in [0.05, 0.1) is 6.04 Å². The van der Waals surface area contributed by atoms with E-state index in [-0.39, 0.29) is 12.1 Å². The highest BCUT2D eigenvalue weighted by molar-refractivity contribution is 5.68. The normalized spacial score (nSPS) is 20.9. The summed E-state index contributed by atoms with van der Waals surface area (Å²) in [5.74, 6) is 0.297. The van der Waals surface area contributed by atoms with Crippen molar-refractivity contribution in [2.45, 2.75) is 51.3 Å². The number of benzene rings is 2. The lowest BCUT2D eigenvalue weighted by Crippen LogP contribution is -2.52. The lowest BCUT2D eigenvalue weighted by atomic mass is 9.85. The summed E-state index contributed by atoms with van der Waals surface area (Å²) in [5, 5.41) is 3.14. The second kappa shape index (κ2) is 8.57. The minimum absolute atomic E-state index is 0.0275. The smallest absolute Gasteiger partial charge is 0.407 e. The summed E-state index contributed by atoms with van der Waals surface area (Å²) in [6.45, 7) is 8.40. The Morgan fingerprint density at radius 2 is 1.70 bits per heavy atom. The third kappa shape index (κ3) is 5.83. The van der Waals surface area contributed by atoms with E-state index in [4.69, 9.17) is 4.74 Å². The Balaban J connectivity index is 1.72. The number of amides is 1. The number of likely N-dealkylation sites (tertiary alicyclic amines) is 1. The number of nitrogens with one attached hydrogen (secondary N) is 1. The van der Waals surface area contributed by atoms with Gasteiger partial charge in [-0.2, -0.15) is 0 Å². The van der Waals surface area contributed by atoms with E-state index in [0.717, 1.165) is 26.1 Å². The van der Waals surface area contributed by atoms with Gasteiger partial charge in [0.25, 0.3) is 0 Å². The Morgan fingerprint density at radius 3 is 2.33 bits per heavy atom. The fraction of sp³-hybridized carbons (Fsp3) is 0.435. The summed E-state index contributed by atoms with van der Waals surface area (Å²) in [5.41, 5.74) is 2.08. The summed E-state index contributed by atoms with van der Waals surface area (Å²) in [7, 11) is 0. The molecule has 144 valence electrons. The third-order valence-electron chi connectivity index (χ3n) is 4.88. The molecule has 1 aliphatic rings. The van der Waals surface area contributed by atoms with Gasteiger partial charge in [0, 0.05) is 19.0 Å². The van der Waals surface area contributed by atoms with Gasteiger partial charge in [-0.15, -0.1) is 0 Å². The number of hydrogen-bond donors (Lipinski definition) is 1. The summed E-state index contributed by atoms with van der Waals surface area (Å²) < 4.78 is 5.51. The molecule has 0 spiro atoms. The van der Waals surface area contributed by atoms with Crippen LogP contribution in [0.15, 0.2) is 60.7 Å². The van der Waals surface area contributed by atoms with E-state index in [0.29, 0.717) is 5.92 Å². The lowest BCUT2D eigenvalue weighted by Gasteiger charge is -2.39. The zero-order valence-electron chi connectivity index (χ0n) is 16.5. The van der Waals surface area contributed by atoms with E-state index in [2.05, 4.69) is 58.7 Å². The molecule has 3 rings (SSSR count). The van der Waals surface area contributed by atoms with Gasteiger partial charge in [-0.25, -0.2) is 4.79 Å². The number of alkyl carbamates (subject to hydrolysis) is 1. The molecular weight excluding hydrogens is 336 g/mol. The van der Waals surface area contributed by atoms with Gasteiger partial charge in [-0.05, 0) is 44.9 Å². The van der Waals surface area contributed by atoms with Crippen LogP contribution in [0, 0.1) is 0 Å². The van der Waals surface area contributed by atoms with Gasteiger partial charge in [-0.1, -0.05) is 60.7 Å². The van der Waals surface area contributed by atoms with Crippen LogP contribution in [0.2, 0.25) is 0 Å². The van der Waals surface area contributed by atoms with Crippen molar-refractivity contribution >= 4 is 6.09 Å². The Bertz CT molecular complexity index is 725. The number of carbonyl (C=O) groups excluding carboxylic acids is 1. The molecule has 0 aliphatic carbocycles. The minimum Gasteiger partial charge on any atom is -0.444 e. The van der Waals surface area contributed by atoms with Gasteiger partial charge < -0.3 is 10.1 Å². The molecule has 27 heavy (non-hydrogen) atoms. The fourth-order valence-electron chi connectivity index (χ4n) is 3.71. The number of rotatable bonds is 4. The van der Waals surface area contributed by atoms with Gasteiger partial charge in [-0.3, -0.25) is 4.90 Å². The maximum Gasteiger partial charge on any atom is 0.407 e. The molecule has 1 amide bonds. The van der Waals surface area contributed by atoms with E-state index in [1.165, 1.54) is 11.1 Å². The van der Waals surface area contributed by atoms with Crippen LogP contribution in [0.4, 0.5) is 4.79 Å². The van der Waals surface area contributed by atoms with Crippen LogP contribution in [-0.4, -0.2) is 35.7 Å². The van der Waals surface area contributed by atoms with E-state index in [1.54, 1.807) is 0 Å². The Hall–Kier alpha value is -2.33. The summed E-state index contributed by atoms with van der Waals surface area (Å²) in [6.07, 6.45) is 0.673. The highest BCUT2D eigenvalue weighted by Crippen LogP contribution is 2.29. The number of ether oxygens (including phenoxy) is 1. The van der Waals surface area contributed by atoms with Crippen molar-refractivity contribution in [2.24, 2.45) is 0 Å². The molecule has 1 aliphatic heterocycles. The number of carbonyl (C=O) groups is 1. The molecule has 2 atom stereocenters. The van der Waals surface area contributed by atoms with Crippen molar-refractivity contribution in [2.75, 3.05) is 13.1 Å². The van der Waals surface area contributed by atoms with Gasteiger partial charge in [0.1, 0.15) is 5.60 Å². The largest absolute Gasteiger partial charge is 0.444 e. The molecule has 4 nitrogen and oxygen atoms in total. The van der Waals surface area contributed by atoms with Crippen LogP contribution < -0.4 is 5.32 Å². The Labute approximate surface area is 162 Å². The Kier molecular flexibility index (Phi) is 6.17. The van der Waals surface area contributed by atoms with E-state index >= 15 is 0 Å². The fourth-order valence-corrected chi connectivity index (χ4v) is 3.71. The first-order valence-electron chi connectivity index (χ1n) is 9.71. The predicted molar refractivity (Wildman–Crippen MR) is 109 cm³/mol. The lowest BCUT2D eigenvalue weighted by molar-refractivity contribution is 0.0455. The SMILES string of the molecule is CC(C)(C)OC(=O)N[C@H]1CN(Cc2ccccc2)CCC1c1ccccc1. The number of hydrogen-bond acceptors (Lipinski definition) is 3. The molecule has 2 aromatic rings. The monoisotopic (exact) mass is 366 g/mol. The average molecular weight is 367 g/mol. The van der Waals surface area contributed by atoms with Crippen LogP contribution >= 0.6 is 0 Å². The number of nitrogens with zero attached hydrogens (tertiary/aromatic N) is 1. The molecule has 4 heteroatoms. The second-order valence-corrected chi connectivity index (χ2v) is 8.28. The predicted octanol–water partition coefficient (Wildman–Crippen LogP) is 4.57. The van der Waals surface area contributed by atoms with Gasteiger partial charge >= 0.3 is 6.09 Å². The first kappa shape index (κ1) is 19.4. The summed E-state index contributed by atoms with van der Waals surface area (Å²) >= 11 is 0. The van der Waals surface area contributed by atoms with Crippen molar-refractivity contribution in [3.8, 4) is 0 Å². The molecule has 0 bridgehead atoms. The maximum absolute atomic E-state index is 12.4. The highest BCUT2D eigenvalue weighted by atomic mass is 16.6. The van der Waals surface area contributed by atoms with E-state index < -0.39 is 5.60 Å². The molecular formula is C23H30N2O2. The van der Waals surface area contributed by atoms with Crippen molar-refractivity contribution < 1.29 is 9.53 Å². The molecule has 1 saturated heterocycles. The van der Waals surface area contributed by atoms with Crippen LogP contribution in [0.25, 0.3) is 0 Å². The Morgan fingerprint density at radius 1 is 1.07 bits per heavy atom. The molecule has 0 saturated carbocycles. The molecule has 1 unspecified atom stereocenters. The second-order valence-electron chi connectivity index (χ2n) is 8.28. The van der Waals surface area contributed by atoms with Crippen molar-refractivity contribution in [3.63, 3.8) is 0 Å². The molecule has 1 fully saturated rings. The van der Waals surface area contributed by atoms with Crippen LogP contribution in [0.1, 0.15) is 44.2 Å².